The number of hydrogen-bond acceptors (Lipinski definition) is 7. The highest BCUT2D eigenvalue weighted by atomic mass is 32.2. The summed E-state index contributed by atoms with van der Waals surface area (Å²) >= 11 is 3.11. The van der Waals surface area contributed by atoms with Crippen LogP contribution in [0.15, 0.2) is 21.1 Å². The molecule has 0 saturated carbocycles. The van der Waals surface area contributed by atoms with E-state index in [9.17, 15) is 4.79 Å². The van der Waals surface area contributed by atoms with Crippen molar-refractivity contribution in [2.75, 3.05) is 0 Å². The molecule has 0 atom stereocenters. The van der Waals surface area contributed by atoms with Gasteiger partial charge in [0, 0.05) is 16.7 Å². The van der Waals surface area contributed by atoms with Crippen molar-refractivity contribution in [1.29, 1.82) is 0 Å². The summed E-state index contributed by atoms with van der Waals surface area (Å²) in [5.41, 5.74) is 6.16. The van der Waals surface area contributed by atoms with Gasteiger partial charge in [-0.3, -0.25) is 4.79 Å². The second-order valence-electron chi connectivity index (χ2n) is 6.33. The normalized spacial score (nSPS) is 11.1. The van der Waals surface area contributed by atoms with Crippen molar-refractivity contribution in [2.45, 2.75) is 52.0 Å². The number of benzene rings is 1. The van der Waals surface area contributed by atoms with Gasteiger partial charge in [-0.25, -0.2) is 4.98 Å². The van der Waals surface area contributed by atoms with Gasteiger partial charge in [-0.15, -0.1) is 21.5 Å². The highest BCUT2D eigenvalue weighted by molar-refractivity contribution is 7.98. The highest BCUT2D eigenvalue weighted by Gasteiger charge is 2.16. The molecule has 0 amide bonds. The summed E-state index contributed by atoms with van der Waals surface area (Å²) in [7, 11) is 0. The van der Waals surface area contributed by atoms with Crippen LogP contribution in [0, 0.1) is 27.7 Å². The SMILES string of the molecule is CC(=O)c1c(C)cc(C)c(CSc2nnc(Cc3csc(C)n3)o2)c1C. The molecule has 7 heteroatoms. The summed E-state index contributed by atoms with van der Waals surface area (Å²) in [6.45, 7) is 9.66. The van der Waals surface area contributed by atoms with Crippen molar-refractivity contribution >= 4 is 28.9 Å². The molecule has 0 unspecified atom stereocenters. The van der Waals surface area contributed by atoms with Crippen LogP contribution in [-0.2, 0) is 12.2 Å². The van der Waals surface area contributed by atoms with Crippen molar-refractivity contribution < 1.29 is 9.21 Å². The minimum Gasteiger partial charge on any atom is -0.416 e. The van der Waals surface area contributed by atoms with Gasteiger partial charge in [0.1, 0.15) is 0 Å². The Kier molecular flexibility index (Phi) is 5.58. The van der Waals surface area contributed by atoms with Gasteiger partial charge in [-0.05, 0) is 56.9 Å². The summed E-state index contributed by atoms with van der Waals surface area (Å²) < 4.78 is 5.74. The maximum absolute atomic E-state index is 12.0. The molecule has 0 aliphatic heterocycles. The van der Waals surface area contributed by atoms with E-state index in [2.05, 4.69) is 28.2 Å². The van der Waals surface area contributed by atoms with Gasteiger partial charge < -0.3 is 4.42 Å². The first kappa shape index (κ1) is 18.8. The lowest BCUT2D eigenvalue weighted by Gasteiger charge is -2.15. The lowest BCUT2D eigenvalue weighted by Crippen LogP contribution is -2.05. The standard InChI is InChI=1S/C19H21N3O2S2/c1-10-6-11(2)18(13(4)23)12(3)16(10)9-26-19-22-21-17(24-19)7-15-8-25-14(5)20-15/h6,8H,7,9H2,1-5H3. The number of hydrogen-bond donors (Lipinski definition) is 0. The molecule has 0 bridgehead atoms. The maximum Gasteiger partial charge on any atom is 0.276 e. The Hall–Kier alpha value is -1.99. The van der Waals surface area contributed by atoms with E-state index in [-0.39, 0.29) is 5.78 Å². The Bertz CT molecular complexity index is 960. The van der Waals surface area contributed by atoms with E-state index in [4.69, 9.17) is 4.42 Å². The van der Waals surface area contributed by atoms with Crippen LogP contribution in [0.2, 0.25) is 0 Å². The fraction of sp³-hybridized carbons (Fsp3) is 0.368. The fourth-order valence-electron chi connectivity index (χ4n) is 3.14. The van der Waals surface area contributed by atoms with E-state index in [0.717, 1.165) is 33.0 Å². The van der Waals surface area contributed by atoms with E-state index in [1.165, 1.54) is 17.3 Å². The zero-order chi connectivity index (χ0) is 18.8. The Morgan fingerprint density at radius 3 is 2.62 bits per heavy atom. The van der Waals surface area contributed by atoms with Gasteiger partial charge in [0.2, 0.25) is 5.89 Å². The molecular formula is C19H21N3O2S2. The number of thiazole rings is 1. The molecule has 26 heavy (non-hydrogen) atoms. The number of carbonyl (C=O) groups excluding carboxylic acids is 1. The number of nitrogens with zero attached hydrogens (tertiary/aromatic N) is 3. The first-order valence-electron chi connectivity index (χ1n) is 8.32. The molecule has 0 fully saturated rings. The Morgan fingerprint density at radius 1 is 1.19 bits per heavy atom. The molecule has 3 aromatic rings. The average molecular weight is 388 g/mol. The first-order valence-corrected chi connectivity index (χ1v) is 10.2. The Morgan fingerprint density at radius 2 is 1.96 bits per heavy atom. The lowest BCUT2D eigenvalue weighted by atomic mass is 9.92. The van der Waals surface area contributed by atoms with Crippen LogP contribution >= 0.6 is 23.1 Å². The van der Waals surface area contributed by atoms with E-state index < -0.39 is 0 Å². The molecule has 2 aromatic heterocycles. The molecule has 0 N–H and O–H groups in total. The van der Waals surface area contributed by atoms with Crippen LogP contribution in [-0.4, -0.2) is 21.0 Å². The fourth-order valence-corrected chi connectivity index (χ4v) is 4.71. The molecule has 0 aliphatic rings. The minimum atomic E-state index is 0.102. The van der Waals surface area contributed by atoms with E-state index in [1.54, 1.807) is 18.3 Å². The topological polar surface area (TPSA) is 68.9 Å². The van der Waals surface area contributed by atoms with Gasteiger partial charge in [-0.2, -0.15) is 0 Å². The van der Waals surface area contributed by atoms with Crippen molar-refractivity contribution in [2.24, 2.45) is 0 Å². The molecule has 5 nitrogen and oxygen atoms in total. The summed E-state index contributed by atoms with van der Waals surface area (Å²) in [6.07, 6.45) is 0.551. The molecule has 2 heterocycles. The maximum atomic E-state index is 12.0. The van der Waals surface area contributed by atoms with Crippen LogP contribution in [0.4, 0.5) is 0 Å². The van der Waals surface area contributed by atoms with Crippen LogP contribution in [0.5, 0.6) is 0 Å². The molecule has 0 saturated heterocycles. The van der Waals surface area contributed by atoms with Crippen molar-refractivity contribution in [1.82, 2.24) is 15.2 Å². The van der Waals surface area contributed by atoms with E-state index in [1.807, 2.05) is 26.2 Å². The minimum absolute atomic E-state index is 0.102. The van der Waals surface area contributed by atoms with Crippen molar-refractivity contribution in [3.05, 3.63) is 55.9 Å². The Balaban J connectivity index is 1.73. The molecule has 0 radical (unpaired) electrons. The summed E-state index contributed by atoms with van der Waals surface area (Å²) in [6, 6.07) is 2.07. The molecule has 1 aromatic carbocycles. The summed E-state index contributed by atoms with van der Waals surface area (Å²) in [5.74, 6) is 1.36. The zero-order valence-corrected chi connectivity index (χ0v) is 17.2. The van der Waals surface area contributed by atoms with Crippen molar-refractivity contribution in [3.63, 3.8) is 0 Å². The van der Waals surface area contributed by atoms with Crippen molar-refractivity contribution in [3.8, 4) is 0 Å². The monoisotopic (exact) mass is 387 g/mol. The predicted octanol–water partition coefficient (Wildman–Crippen LogP) is 4.85. The smallest absolute Gasteiger partial charge is 0.276 e. The number of thioether (sulfide) groups is 1. The second-order valence-corrected chi connectivity index (χ2v) is 8.32. The van der Waals surface area contributed by atoms with E-state index >= 15 is 0 Å². The third-order valence-electron chi connectivity index (χ3n) is 4.27. The quantitative estimate of drug-likeness (QED) is 0.445. The number of Topliss-reactive ketones (excluding diaryl/α,β-unsaturated/α-hetero) is 1. The van der Waals surface area contributed by atoms with Gasteiger partial charge in [-0.1, -0.05) is 17.8 Å². The third kappa shape index (κ3) is 4.04. The summed E-state index contributed by atoms with van der Waals surface area (Å²) in [5, 5.41) is 11.8. The Labute approximate surface area is 161 Å². The number of ketones is 1. The van der Waals surface area contributed by atoms with E-state index in [0.29, 0.717) is 23.3 Å². The third-order valence-corrected chi connectivity index (χ3v) is 5.94. The lowest BCUT2D eigenvalue weighted by molar-refractivity contribution is 0.101. The summed E-state index contributed by atoms with van der Waals surface area (Å²) in [4.78, 5) is 16.4. The molecule has 136 valence electrons. The first-order chi connectivity index (χ1) is 12.3. The molecule has 0 spiro atoms. The number of aryl methyl sites for hydroxylation is 3. The number of carbonyl (C=O) groups is 1. The van der Waals surface area contributed by atoms with Crippen LogP contribution in [0.25, 0.3) is 0 Å². The van der Waals surface area contributed by atoms with Crippen LogP contribution < -0.4 is 0 Å². The van der Waals surface area contributed by atoms with Gasteiger partial charge in [0.25, 0.3) is 5.22 Å². The van der Waals surface area contributed by atoms with Gasteiger partial charge in [0.05, 0.1) is 17.1 Å². The average Bonchev–Trinajstić information content (AvgIpc) is 3.15. The highest BCUT2D eigenvalue weighted by Crippen LogP contribution is 2.29. The number of rotatable bonds is 6. The molecular weight excluding hydrogens is 366 g/mol. The van der Waals surface area contributed by atoms with Crippen LogP contribution in [0.1, 0.15) is 56.1 Å². The van der Waals surface area contributed by atoms with Crippen LogP contribution in [0.3, 0.4) is 0 Å². The predicted molar refractivity (Wildman–Crippen MR) is 104 cm³/mol. The second kappa shape index (κ2) is 7.72. The number of aromatic nitrogens is 3. The largest absolute Gasteiger partial charge is 0.416 e. The molecule has 3 rings (SSSR count). The zero-order valence-electron chi connectivity index (χ0n) is 15.5. The molecule has 0 aliphatic carbocycles. The van der Waals surface area contributed by atoms with Gasteiger partial charge in [0.15, 0.2) is 5.78 Å². The van der Waals surface area contributed by atoms with Gasteiger partial charge >= 0.3 is 0 Å².